The van der Waals surface area contributed by atoms with Crippen molar-refractivity contribution in [1.29, 1.82) is 0 Å². The summed E-state index contributed by atoms with van der Waals surface area (Å²) in [6.45, 7) is 3.51. The van der Waals surface area contributed by atoms with Crippen LogP contribution in [0.3, 0.4) is 0 Å². The van der Waals surface area contributed by atoms with Gasteiger partial charge in [-0.25, -0.2) is 9.78 Å². The van der Waals surface area contributed by atoms with Crippen LogP contribution in [0.1, 0.15) is 25.2 Å². The van der Waals surface area contributed by atoms with E-state index in [2.05, 4.69) is 48.6 Å². The van der Waals surface area contributed by atoms with E-state index in [1.807, 2.05) is 19.1 Å². The van der Waals surface area contributed by atoms with Crippen LogP contribution in [0.4, 0.5) is 0 Å². The summed E-state index contributed by atoms with van der Waals surface area (Å²) in [6, 6.07) is 8.91. The maximum absolute atomic E-state index is 13.0. The predicted octanol–water partition coefficient (Wildman–Crippen LogP) is 4.16. The quantitative estimate of drug-likeness (QED) is 0.226. The lowest BCUT2D eigenvalue weighted by molar-refractivity contribution is -0.147. The SMILES string of the molecule is CCc1nc2ccc(Br)cc2c(=O)n1N=Cc1cc(I)c(O[C@H](C)C(=O)OC)c(OC)c1. The molecule has 2 aromatic carbocycles. The topological polar surface area (TPSA) is 92.0 Å². The summed E-state index contributed by atoms with van der Waals surface area (Å²) in [5.41, 5.74) is 1.06. The minimum absolute atomic E-state index is 0.252. The van der Waals surface area contributed by atoms with Gasteiger partial charge in [-0.05, 0) is 65.4 Å². The number of ether oxygens (including phenoxy) is 3. The van der Waals surface area contributed by atoms with Gasteiger partial charge in [0.25, 0.3) is 5.56 Å². The first-order chi connectivity index (χ1) is 15.3. The summed E-state index contributed by atoms with van der Waals surface area (Å²) in [6.07, 6.45) is 1.30. The largest absolute Gasteiger partial charge is 0.493 e. The fourth-order valence-electron chi connectivity index (χ4n) is 2.99. The molecule has 0 bridgehead atoms. The Labute approximate surface area is 206 Å². The van der Waals surface area contributed by atoms with Gasteiger partial charge in [0.05, 0.1) is 34.9 Å². The Bertz CT molecular complexity index is 1260. The number of carbonyl (C=O) groups is 1. The Morgan fingerprint density at radius 1 is 1.31 bits per heavy atom. The first kappa shape index (κ1) is 24.2. The highest BCUT2D eigenvalue weighted by Gasteiger charge is 2.20. The summed E-state index contributed by atoms with van der Waals surface area (Å²) >= 11 is 5.48. The molecule has 168 valence electrons. The monoisotopic (exact) mass is 613 g/mol. The minimum Gasteiger partial charge on any atom is -0.493 e. The molecule has 1 atom stereocenters. The Kier molecular flexibility index (Phi) is 7.88. The van der Waals surface area contributed by atoms with Crippen molar-refractivity contribution in [3.8, 4) is 11.5 Å². The second-order valence-corrected chi connectivity index (χ2v) is 8.80. The molecule has 1 aromatic heterocycles. The summed E-state index contributed by atoms with van der Waals surface area (Å²) in [5, 5.41) is 4.88. The number of fused-ring (bicyclic) bond motifs is 1. The van der Waals surface area contributed by atoms with E-state index in [4.69, 9.17) is 14.2 Å². The van der Waals surface area contributed by atoms with E-state index in [0.717, 1.165) is 4.47 Å². The van der Waals surface area contributed by atoms with E-state index in [9.17, 15) is 9.59 Å². The van der Waals surface area contributed by atoms with Crippen LogP contribution in [0, 0.1) is 3.57 Å². The zero-order chi connectivity index (χ0) is 23.4. The van der Waals surface area contributed by atoms with Crippen molar-refractivity contribution >= 4 is 61.6 Å². The number of methoxy groups -OCH3 is 2. The zero-order valence-electron chi connectivity index (χ0n) is 17.9. The number of nitrogens with zero attached hydrogens (tertiary/aromatic N) is 3. The highest BCUT2D eigenvalue weighted by atomic mass is 127. The number of carbonyl (C=O) groups excluding carboxylic acids is 1. The average Bonchev–Trinajstić information content (AvgIpc) is 2.79. The Morgan fingerprint density at radius 3 is 2.72 bits per heavy atom. The average molecular weight is 614 g/mol. The molecule has 10 heteroatoms. The molecule has 0 aliphatic heterocycles. The standard InChI is InChI=1S/C22H21BrIN3O5/c1-5-19-26-17-7-6-14(23)10-15(17)21(28)27(19)25-11-13-8-16(24)20(18(9-13)30-3)32-12(2)22(29)31-4/h6-12H,5H2,1-4H3/t12-/m1/s1. The summed E-state index contributed by atoms with van der Waals surface area (Å²) < 4.78 is 18.7. The van der Waals surface area contributed by atoms with Gasteiger partial charge in [-0.2, -0.15) is 9.78 Å². The lowest BCUT2D eigenvalue weighted by Crippen LogP contribution is -2.25. The number of aryl methyl sites for hydroxylation is 1. The minimum atomic E-state index is -0.796. The van der Waals surface area contributed by atoms with Crippen molar-refractivity contribution in [1.82, 2.24) is 9.66 Å². The summed E-state index contributed by atoms with van der Waals surface area (Å²) in [5.74, 6) is 0.912. The first-order valence-corrected chi connectivity index (χ1v) is 11.5. The molecule has 0 saturated heterocycles. The number of esters is 1. The van der Waals surface area contributed by atoms with Gasteiger partial charge in [0, 0.05) is 10.9 Å². The third-order valence-corrected chi connectivity index (χ3v) is 5.89. The predicted molar refractivity (Wildman–Crippen MR) is 134 cm³/mol. The highest BCUT2D eigenvalue weighted by molar-refractivity contribution is 14.1. The van der Waals surface area contributed by atoms with Crippen LogP contribution in [0.2, 0.25) is 0 Å². The van der Waals surface area contributed by atoms with Crippen LogP contribution in [-0.2, 0) is 16.0 Å². The van der Waals surface area contributed by atoms with Gasteiger partial charge in [-0.1, -0.05) is 22.9 Å². The lowest BCUT2D eigenvalue weighted by atomic mass is 10.2. The first-order valence-electron chi connectivity index (χ1n) is 9.66. The number of rotatable bonds is 7. The fraction of sp³-hybridized carbons (Fsp3) is 0.273. The van der Waals surface area contributed by atoms with E-state index >= 15 is 0 Å². The molecule has 0 aliphatic carbocycles. The Morgan fingerprint density at radius 2 is 2.06 bits per heavy atom. The highest BCUT2D eigenvalue weighted by Crippen LogP contribution is 2.34. The molecule has 0 aliphatic rings. The summed E-state index contributed by atoms with van der Waals surface area (Å²) in [4.78, 5) is 29.3. The fourth-order valence-corrected chi connectivity index (χ4v) is 4.10. The molecule has 3 aromatic rings. The molecule has 0 N–H and O–H groups in total. The molecule has 0 unspecified atom stereocenters. The third-order valence-electron chi connectivity index (χ3n) is 4.59. The number of hydrogen-bond donors (Lipinski definition) is 0. The van der Waals surface area contributed by atoms with Crippen molar-refractivity contribution in [2.24, 2.45) is 5.10 Å². The maximum atomic E-state index is 13.0. The molecule has 3 rings (SSSR count). The number of benzene rings is 2. The van der Waals surface area contributed by atoms with E-state index in [1.54, 1.807) is 31.3 Å². The molecule has 0 spiro atoms. The third kappa shape index (κ3) is 5.12. The van der Waals surface area contributed by atoms with E-state index in [0.29, 0.717) is 43.8 Å². The number of hydrogen-bond acceptors (Lipinski definition) is 7. The van der Waals surface area contributed by atoms with Crippen molar-refractivity contribution in [3.63, 3.8) is 0 Å². The lowest BCUT2D eigenvalue weighted by Gasteiger charge is -2.17. The molecule has 32 heavy (non-hydrogen) atoms. The number of halogens is 2. The summed E-state index contributed by atoms with van der Waals surface area (Å²) in [7, 11) is 2.81. The molecular weight excluding hydrogens is 593 g/mol. The normalized spacial score (nSPS) is 12.2. The van der Waals surface area contributed by atoms with E-state index in [-0.39, 0.29) is 5.56 Å². The van der Waals surface area contributed by atoms with Gasteiger partial charge >= 0.3 is 5.97 Å². The molecule has 8 nitrogen and oxygen atoms in total. The molecule has 1 heterocycles. The Balaban J connectivity index is 2.02. The number of aromatic nitrogens is 2. The van der Waals surface area contributed by atoms with Gasteiger partial charge in [0.1, 0.15) is 5.82 Å². The van der Waals surface area contributed by atoms with Crippen LogP contribution >= 0.6 is 38.5 Å². The van der Waals surface area contributed by atoms with Crippen LogP contribution in [0.5, 0.6) is 11.5 Å². The van der Waals surface area contributed by atoms with Crippen LogP contribution < -0.4 is 15.0 Å². The molecule has 0 amide bonds. The molecular formula is C22H21BrIN3O5. The van der Waals surface area contributed by atoms with Crippen molar-refractivity contribution in [3.05, 3.63) is 60.1 Å². The van der Waals surface area contributed by atoms with E-state index in [1.165, 1.54) is 18.9 Å². The smallest absolute Gasteiger partial charge is 0.346 e. The van der Waals surface area contributed by atoms with Crippen molar-refractivity contribution in [2.75, 3.05) is 14.2 Å². The van der Waals surface area contributed by atoms with Gasteiger partial charge in [0.15, 0.2) is 17.6 Å². The molecule has 0 fully saturated rings. The second kappa shape index (κ2) is 10.4. The van der Waals surface area contributed by atoms with Crippen LogP contribution in [0.15, 0.2) is 44.7 Å². The molecule has 0 radical (unpaired) electrons. The van der Waals surface area contributed by atoms with Crippen LogP contribution in [-0.4, -0.2) is 42.2 Å². The maximum Gasteiger partial charge on any atom is 0.346 e. The van der Waals surface area contributed by atoms with E-state index < -0.39 is 12.1 Å². The van der Waals surface area contributed by atoms with Gasteiger partial charge in [0.2, 0.25) is 0 Å². The Hall–Kier alpha value is -2.47. The van der Waals surface area contributed by atoms with Crippen LogP contribution in [0.25, 0.3) is 10.9 Å². The van der Waals surface area contributed by atoms with Crippen molar-refractivity contribution in [2.45, 2.75) is 26.4 Å². The zero-order valence-corrected chi connectivity index (χ0v) is 21.6. The molecule has 0 saturated carbocycles. The van der Waals surface area contributed by atoms with Crippen molar-refractivity contribution < 1.29 is 19.0 Å². The van der Waals surface area contributed by atoms with Gasteiger partial charge < -0.3 is 14.2 Å². The van der Waals surface area contributed by atoms with Gasteiger partial charge in [-0.3, -0.25) is 4.79 Å². The second-order valence-electron chi connectivity index (χ2n) is 6.72. The van der Waals surface area contributed by atoms with Gasteiger partial charge in [-0.15, -0.1) is 0 Å².